The standard InChI is InChI=1S/C20H20N2O4S/c1-13-6-4-5-7-16(13)21-12-22-19(23)18(27-20(22)24)11-14-10-15(25-2)8-9-17(14)26-3/h4-11,21H,12H2,1-3H3/b18-11+. The summed E-state index contributed by atoms with van der Waals surface area (Å²) >= 11 is 0.911. The number of methoxy groups -OCH3 is 2. The Labute approximate surface area is 162 Å². The zero-order valence-corrected chi connectivity index (χ0v) is 16.1. The van der Waals surface area contributed by atoms with Gasteiger partial charge in [-0.05, 0) is 54.6 Å². The molecule has 0 saturated carbocycles. The number of anilines is 1. The number of hydrogen-bond donors (Lipinski definition) is 1. The highest BCUT2D eigenvalue weighted by molar-refractivity contribution is 8.18. The molecule has 3 rings (SSSR count). The Hall–Kier alpha value is -2.93. The fraction of sp³-hybridized carbons (Fsp3) is 0.200. The van der Waals surface area contributed by atoms with Crippen LogP contribution in [0.4, 0.5) is 10.5 Å². The lowest BCUT2D eigenvalue weighted by Gasteiger charge is -2.15. The normalized spacial score (nSPS) is 15.4. The SMILES string of the molecule is COc1ccc(OC)c(/C=C2/SC(=O)N(CNc3ccccc3C)C2=O)c1. The lowest BCUT2D eigenvalue weighted by Crippen LogP contribution is -2.33. The molecule has 1 aliphatic heterocycles. The molecule has 2 amide bonds. The van der Waals surface area contributed by atoms with Crippen molar-refractivity contribution in [2.45, 2.75) is 6.92 Å². The van der Waals surface area contributed by atoms with Crippen LogP contribution in [0.3, 0.4) is 0 Å². The molecule has 0 aliphatic carbocycles. The Morgan fingerprint density at radius 2 is 1.89 bits per heavy atom. The number of thioether (sulfide) groups is 1. The van der Waals surface area contributed by atoms with Gasteiger partial charge in [-0.1, -0.05) is 18.2 Å². The summed E-state index contributed by atoms with van der Waals surface area (Å²) in [6, 6.07) is 13.0. The van der Waals surface area contributed by atoms with E-state index in [2.05, 4.69) is 5.32 Å². The van der Waals surface area contributed by atoms with E-state index in [-0.39, 0.29) is 17.8 Å². The average molecular weight is 384 g/mol. The topological polar surface area (TPSA) is 67.9 Å². The third kappa shape index (κ3) is 4.09. The zero-order chi connectivity index (χ0) is 19.4. The second kappa shape index (κ2) is 8.18. The summed E-state index contributed by atoms with van der Waals surface area (Å²) in [5.41, 5.74) is 2.60. The van der Waals surface area contributed by atoms with Gasteiger partial charge in [-0.3, -0.25) is 14.5 Å². The number of ether oxygens (including phenoxy) is 2. The van der Waals surface area contributed by atoms with Gasteiger partial charge in [-0.25, -0.2) is 0 Å². The van der Waals surface area contributed by atoms with Gasteiger partial charge in [0.2, 0.25) is 0 Å². The summed E-state index contributed by atoms with van der Waals surface area (Å²) in [6.45, 7) is 2.08. The highest BCUT2D eigenvalue weighted by Crippen LogP contribution is 2.35. The minimum atomic E-state index is -0.337. The van der Waals surface area contributed by atoms with Crippen LogP contribution in [0.5, 0.6) is 11.5 Å². The van der Waals surface area contributed by atoms with E-state index >= 15 is 0 Å². The van der Waals surface area contributed by atoms with Gasteiger partial charge in [0.25, 0.3) is 11.1 Å². The van der Waals surface area contributed by atoms with Gasteiger partial charge in [-0.15, -0.1) is 0 Å². The molecule has 0 bridgehead atoms. The number of nitrogens with one attached hydrogen (secondary N) is 1. The molecule has 6 nitrogen and oxygen atoms in total. The summed E-state index contributed by atoms with van der Waals surface area (Å²) in [5, 5.41) is 2.83. The molecule has 0 atom stereocenters. The second-order valence-corrected chi connectivity index (χ2v) is 6.86. The number of carbonyl (C=O) groups is 2. The van der Waals surface area contributed by atoms with E-state index < -0.39 is 0 Å². The van der Waals surface area contributed by atoms with Crippen LogP contribution in [0.1, 0.15) is 11.1 Å². The molecular formula is C20H20N2O4S. The van der Waals surface area contributed by atoms with Crippen molar-refractivity contribution in [1.29, 1.82) is 0 Å². The summed E-state index contributed by atoms with van der Waals surface area (Å²) in [6.07, 6.45) is 1.65. The molecule has 0 aromatic heterocycles. The van der Waals surface area contributed by atoms with Crippen LogP contribution in [0.25, 0.3) is 6.08 Å². The van der Waals surface area contributed by atoms with Gasteiger partial charge in [0, 0.05) is 11.3 Å². The molecule has 0 radical (unpaired) electrons. The molecule has 27 heavy (non-hydrogen) atoms. The van der Waals surface area contributed by atoms with Gasteiger partial charge < -0.3 is 14.8 Å². The predicted octanol–water partition coefficient (Wildman–Crippen LogP) is 4.12. The van der Waals surface area contributed by atoms with Gasteiger partial charge in [0.1, 0.15) is 11.5 Å². The third-order valence-corrected chi connectivity index (χ3v) is 5.08. The minimum absolute atomic E-state index is 0.113. The van der Waals surface area contributed by atoms with Crippen LogP contribution < -0.4 is 14.8 Å². The first-order valence-corrected chi connectivity index (χ1v) is 9.12. The Bertz CT molecular complexity index is 911. The highest BCUT2D eigenvalue weighted by atomic mass is 32.2. The van der Waals surface area contributed by atoms with E-state index in [1.807, 2.05) is 31.2 Å². The molecule has 1 N–H and O–H groups in total. The van der Waals surface area contributed by atoms with Crippen LogP contribution >= 0.6 is 11.8 Å². The molecule has 1 aliphatic rings. The van der Waals surface area contributed by atoms with E-state index in [9.17, 15) is 9.59 Å². The number of benzene rings is 2. The van der Waals surface area contributed by atoms with Crippen molar-refractivity contribution in [1.82, 2.24) is 4.90 Å². The number of para-hydroxylation sites is 1. The van der Waals surface area contributed by atoms with Crippen molar-refractivity contribution in [2.75, 3.05) is 26.2 Å². The largest absolute Gasteiger partial charge is 0.497 e. The number of carbonyl (C=O) groups excluding carboxylic acids is 2. The Morgan fingerprint density at radius 1 is 1.11 bits per heavy atom. The number of rotatable bonds is 6. The van der Waals surface area contributed by atoms with E-state index in [1.54, 1.807) is 38.5 Å². The fourth-order valence-electron chi connectivity index (χ4n) is 2.67. The molecular weight excluding hydrogens is 364 g/mol. The number of hydrogen-bond acceptors (Lipinski definition) is 6. The van der Waals surface area contributed by atoms with Crippen molar-refractivity contribution < 1.29 is 19.1 Å². The summed E-state index contributed by atoms with van der Waals surface area (Å²) in [4.78, 5) is 26.5. The smallest absolute Gasteiger partial charge is 0.295 e. The maximum absolute atomic E-state index is 12.7. The van der Waals surface area contributed by atoms with E-state index in [1.165, 1.54) is 4.90 Å². The zero-order valence-electron chi connectivity index (χ0n) is 15.3. The van der Waals surface area contributed by atoms with Crippen molar-refractivity contribution in [2.24, 2.45) is 0 Å². The van der Waals surface area contributed by atoms with Gasteiger partial charge in [0.15, 0.2) is 0 Å². The monoisotopic (exact) mass is 384 g/mol. The first-order valence-electron chi connectivity index (χ1n) is 8.30. The predicted molar refractivity (Wildman–Crippen MR) is 107 cm³/mol. The van der Waals surface area contributed by atoms with Gasteiger partial charge in [0.05, 0.1) is 25.8 Å². The molecule has 0 unspecified atom stereocenters. The van der Waals surface area contributed by atoms with Crippen molar-refractivity contribution in [3.05, 3.63) is 58.5 Å². The minimum Gasteiger partial charge on any atom is -0.497 e. The van der Waals surface area contributed by atoms with E-state index in [0.717, 1.165) is 23.0 Å². The summed E-state index contributed by atoms with van der Waals surface area (Å²) < 4.78 is 10.6. The van der Waals surface area contributed by atoms with E-state index in [4.69, 9.17) is 9.47 Å². The second-order valence-electron chi connectivity index (χ2n) is 5.87. The van der Waals surface area contributed by atoms with Crippen LogP contribution in [-0.2, 0) is 4.79 Å². The van der Waals surface area contributed by atoms with Crippen LogP contribution in [0, 0.1) is 6.92 Å². The molecule has 1 heterocycles. The summed E-state index contributed by atoms with van der Waals surface area (Å²) in [5.74, 6) is 0.902. The van der Waals surface area contributed by atoms with Crippen LogP contribution in [0.15, 0.2) is 47.4 Å². The first kappa shape index (κ1) is 18.8. The van der Waals surface area contributed by atoms with Crippen molar-refractivity contribution in [3.63, 3.8) is 0 Å². The quantitative estimate of drug-likeness (QED) is 0.756. The molecule has 2 aromatic carbocycles. The number of amides is 2. The average Bonchev–Trinajstić information content (AvgIpc) is 2.94. The molecule has 1 fully saturated rings. The maximum Gasteiger partial charge on any atom is 0.295 e. The molecule has 1 saturated heterocycles. The van der Waals surface area contributed by atoms with Gasteiger partial charge in [-0.2, -0.15) is 0 Å². The van der Waals surface area contributed by atoms with Gasteiger partial charge >= 0.3 is 0 Å². The fourth-order valence-corrected chi connectivity index (χ4v) is 3.49. The maximum atomic E-state index is 12.7. The Kier molecular flexibility index (Phi) is 5.71. The highest BCUT2D eigenvalue weighted by Gasteiger charge is 2.35. The third-order valence-electron chi connectivity index (χ3n) is 4.17. The van der Waals surface area contributed by atoms with Crippen molar-refractivity contribution >= 4 is 34.7 Å². The molecule has 2 aromatic rings. The van der Waals surface area contributed by atoms with Crippen LogP contribution in [-0.4, -0.2) is 36.9 Å². The van der Waals surface area contributed by atoms with E-state index in [0.29, 0.717) is 22.0 Å². The number of aryl methyl sites for hydroxylation is 1. The molecule has 7 heteroatoms. The molecule has 140 valence electrons. The summed E-state index contributed by atoms with van der Waals surface area (Å²) in [7, 11) is 3.12. The number of nitrogens with zero attached hydrogens (tertiary/aromatic N) is 1. The lowest BCUT2D eigenvalue weighted by atomic mass is 10.1. The Morgan fingerprint density at radius 3 is 2.59 bits per heavy atom. The Balaban J connectivity index is 1.80. The lowest BCUT2D eigenvalue weighted by molar-refractivity contribution is -0.122. The first-order chi connectivity index (χ1) is 13.0. The van der Waals surface area contributed by atoms with Crippen LogP contribution in [0.2, 0.25) is 0 Å². The van der Waals surface area contributed by atoms with Crippen molar-refractivity contribution in [3.8, 4) is 11.5 Å². The number of imide groups is 1. The molecule has 0 spiro atoms.